The van der Waals surface area contributed by atoms with E-state index in [1.807, 2.05) is 0 Å². The minimum atomic E-state index is -0.0169. The van der Waals surface area contributed by atoms with E-state index in [9.17, 15) is 0 Å². The molecule has 94 valence electrons. The molecule has 0 radical (unpaired) electrons. The van der Waals surface area contributed by atoms with Gasteiger partial charge in [0.1, 0.15) is 0 Å². The van der Waals surface area contributed by atoms with Gasteiger partial charge in [-0.2, -0.15) is 0 Å². The summed E-state index contributed by atoms with van der Waals surface area (Å²) in [5, 5.41) is 0. The molecule has 1 unspecified atom stereocenters. The Labute approximate surface area is 104 Å². The lowest BCUT2D eigenvalue weighted by Crippen LogP contribution is -2.47. The summed E-state index contributed by atoms with van der Waals surface area (Å²) >= 11 is 0. The Balaban J connectivity index is 2.16. The molecule has 3 nitrogen and oxygen atoms in total. The molecule has 0 aliphatic carbocycles. The third-order valence-electron chi connectivity index (χ3n) is 3.66. The first-order valence-electron chi connectivity index (χ1n) is 6.26. The maximum absolute atomic E-state index is 5.68. The summed E-state index contributed by atoms with van der Waals surface area (Å²) in [6, 6.07) is 8.49. The first kappa shape index (κ1) is 12.4. The lowest BCUT2D eigenvalue weighted by molar-refractivity contribution is -0.00465. The number of piperidine rings is 1. The van der Waals surface area contributed by atoms with Crippen LogP contribution in [-0.4, -0.2) is 25.8 Å². The normalized spacial score (nSPS) is 25.0. The molecular formula is C14H22N2O. The number of hydrogen-bond donors (Lipinski definition) is 1. The van der Waals surface area contributed by atoms with E-state index >= 15 is 0 Å². The number of hydrogen-bond acceptors (Lipinski definition) is 3. The summed E-state index contributed by atoms with van der Waals surface area (Å²) < 4.78 is 5.62. The standard InChI is InChI=1S/C14H22N2O/c1-14(17-2)7-4-8-16(11-14)13-6-3-5-12(9-13)10-15/h3,5-6,9H,4,7-8,10-11,15H2,1-2H3. The van der Waals surface area contributed by atoms with Crippen LogP contribution in [0, 0.1) is 0 Å². The number of ether oxygens (including phenoxy) is 1. The molecule has 1 heterocycles. The van der Waals surface area contributed by atoms with Gasteiger partial charge in [0.15, 0.2) is 0 Å². The average Bonchev–Trinajstić information content (AvgIpc) is 2.39. The number of benzene rings is 1. The van der Waals surface area contributed by atoms with Crippen LogP contribution in [0.5, 0.6) is 0 Å². The van der Waals surface area contributed by atoms with E-state index in [0.29, 0.717) is 6.54 Å². The van der Waals surface area contributed by atoms with Crippen molar-refractivity contribution in [1.29, 1.82) is 0 Å². The number of nitrogens with zero attached hydrogens (tertiary/aromatic N) is 1. The number of anilines is 1. The van der Waals surface area contributed by atoms with Crippen molar-refractivity contribution in [1.82, 2.24) is 0 Å². The van der Waals surface area contributed by atoms with Crippen LogP contribution < -0.4 is 10.6 Å². The van der Waals surface area contributed by atoms with E-state index in [0.717, 1.165) is 19.5 Å². The molecule has 0 amide bonds. The van der Waals surface area contributed by atoms with Gasteiger partial charge in [-0.3, -0.25) is 0 Å². The summed E-state index contributed by atoms with van der Waals surface area (Å²) in [5.41, 5.74) is 8.11. The maximum atomic E-state index is 5.68. The third-order valence-corrected chi connectivity index (χ3v) is 3.66. The van der Waals surface area contributed by atoms with E-state index in [1.54, 1.807) is 7.11 Å². The predicted molar refractivity (Wildman–Crippen MR) is 71.2 cm³/mol. The molecule has 1 aromatic rings. The molecule has 1 atom stereocenters. The fraction of sp³-hybridized carbons (Fsp3) is 0.571. The van der Waals surface area contributed by atoms with Crippen molar-refractivity contribution in [2.24, 2.45) is 5.73 Å². The largest absolute Gasteiger partial charge is 0.377 e. The van der Waals surface area contributed by atoms with Crippen molar-refractivity contribution in [2.45, 2.75) is 31.9 Å². The molecule has 0 bridgehead atoms. The third kappa shape index (κ3) is 2.79. The summed E-state index contributed by atoms with van der Waals surface area (Å²) in [6.07, 6.45) is 2.31. The zero-order chi connectivity index (χ0) is 12.3. The fourth-order valence-corrected chi connectivity index (χ4v) is 2.47. The van der Waals surface area contributed by atoms with Gasteiger partial charge in [0.25, 0.3) is 0 Å². The zero-order valence-electron chi connectivity index (χ0n) is 10.8. The molecule has 17 heavy (non-hydrogen) atoms. The lowest BCUT2D eigenvalue weighted by Gasteiger charge is -2.40. The fourth-order valence-electron chi connectivity index (χ4n) is 2.47. The van der Waals surface area contributed by atoms with Crippen LogP contribution in [0.2, 0.25) is 0 Å². The Morgan fingerprint density at radius 2 is 2.29 bits per heavy atom. The minimum absolute atomic E-state index is 0.0169. The van der Waals surface area contributed by atoms with Crippen molar-refractivity contribution in [3.05, 3.63) is 29.8 Å². The first-order chi connectivity index (χ1) is 8.17. The highest BCUT2D eigenvalue weighted by Crippen LogP contribution is 2.28. The van der Waals surface area contributed by atoms with Gasteiger partial charge in [-0.15, -0.1) is 0 Å². The Hall–Kier alpha value is -1.06. The van der Waals surface area contributed by atoms with Gasteiger partial charge in [0.2, 0.25) is 0 Å². The Kier molecular flexibility index (Phi) is 3.69. The van der Waals surface area contributed by atoms with Crippen LogP contribution in [0.4, 0.5) is 5.69 Å². The second-order valence-corrected chi connectivity index (χ2v) is 5.05. The molecule has 0 spiro atoms. The second kappa shape index (κ2) is 5.07. The molecule has 1 fully saturated rings. The maximum Gasteiger partial charge on any atom is 0.0825 e. The van der Waals surface area contributed by atoms with Crippen LogP contribution >= 0.6 is 0 Å². The second-order valence-electron chi connectivity index (χ2n) is 5.05. The quantitative estimate of drug-likeness (QED) is 0.871. The molecule has 2 rings (SSSR count). The van der Waals surface area contributed by atoms with E-state index in [2.05, 4.69) is 36.1 Å². The number of rotatable bonds is 3. The molecule has 1 aliphatic heterocycles. The Morgan fingerprint density at radius 3 is 3.00 bits per heavy atom. The van der Waals surface area contributed by atoms with E-state index < -0.39 is 0 Å². The number of methoxy groups -OCH3 is 1. The van der Waals surface area contributed by atoms with E-state index in [4.69, 9.17) is 10.5 Å². The molecule has 1 saturated heterocycles. The van der Waals surface area contributed by atoms with Crippen molar-refractivity contribution in [3.63, 3.8) is 0 Å². The van der Waals surface area contributed by atoms with Gasteiger partial charge >= 0.3 is 0 Å². The van der Waals surface area contributed by atoms with Crippen molar-refractivity contribution < 1.29 is 4.74 Å². The molecule has 0 saturated carbocycles. The van der Waals surface area contributed by atoms with Crippen LogP contribution in [0.25, 0.3) is 0 Å². The van der Waals surface area contributed by atoms with Crippen molar-refractivity contribution in [3.8, 4) is 0 Å². The first-order valence-corrected chi connectivity index (χ1v) is 6.26. The van der Waals surface area contributed by atoms with Gasteiger partial charge in [-0.25, -0.2) is 0 Å². The number of nitrogens with two attached hydrogens (primary N) is 1. The van der Waals surface area contributed by atoms with Crippen molar-refractivity contribution >= 4 is 5.69 Å². The molecule has 3 heteroatoms. The van der Waals surface area contributed by atoms with Crippen LogP contribution in [0.15, 0.2) is 24.3 Å². The van der Waals surface area contributed by atoms with Gasteiger partial charge in [0, 0.05) is 32.4 Å². The summed E-state index contributed by atoms with van der Waals surface area (Å²) in [6.45, 7) is 4.85. The van der Waals surface area contributed by atoms with Gasteiger partial charge < -0.3 is 15.4 Å². The van der Waals surface area contributed by atoms with Gasteiger partial charge in [0.05, 0.1) is 5.60 Å². The smallest absolute Gasteiger partial charge is 0.0825 e. The molecule has 1 aliphatic rings. The van der Waals surface area contributed by atoms with Gasteiger partial charge in [-0.05, 0) is 37.5 Å². The summed E-state index contributed by atoms with van der Waals surface area (Å²) in [4.78, 5) is 2.40. The van der Waals surface area contributed by atoms with Crippen LogP contribution in [0.3, 0.4) is 0 Å². The summed E-state index contributed by atoms with van der Waals surface area (Å²) in [5.74, 6) is 0. The van der Waals surface area contributed by atoms with Crippen molar-refractivity contribution in [2.75, 3.05) is 25.1 Å². The SMILES string of the molecule is COC1(C)CCCN(c2cccc(CN)c2)C1. The topological polar surface area (TPSA) is 38.5 Å². The minimum Gasteiger partial charge on any atom is -0.377 e. The monoisotopic (exact) mass is 234 g/mol. The van der Waals surface area contributed by atoms with E-state index in [-0.39, 0.29) is 5.60 Å². The van der Waals surface area contributed by atoms with Crippen LogP contribution in [-0.2, 0) is 11.3 Å². The Bertz CT molecular complexity index is 380. The molecular weight excluding hydrogens is 212 g/mol. The van der Waals surface area contributed by atoms with Crippen LogP contribution in [0.1, 0.15) is 25.3 Å². The highest BCUT2D eigenvalue weighted by Gasteiger charge is 2.30. The molecule has 0 aromatic heterocycles. The highest BCUT2D eigenvalue weighted by molar-refractivity contribution is 5.49. The van der Waals surface area contributed by atoms with Gasteiger partial charge in [-0.1, -0.05) is 12.1 Å². The molecule has 2 N–H and O–H groups in total. The highest BCUT2D eigenvalue weighted by atomic mass is 16.5. The van der Waals surface area contributed by atoms with E-state index in [1.165, 1.54) is 17.7 Å². The average molecular weight is 234 g/mol. The summed E-state index contributed by atoms with van der Waals surface area (Å²) in [7, 11) is 1.81. The zero-order valence-corrected chi connectivity index (χ0v) is 10.8. The Morgan fingerprint density at radius 1 is 1.47 bits per heavy atom. The predicted octanol–water partition coefficient (Wildman–Crippen LogP) is 2.15. The lowest BCUT2D eigenvalue weighted by atomic mass is 9.94. The molecule has 1 aromatic carbocycles.